The van der Waals surface area contributed by atoms with E-state index in [-0.39, 0.29) is 23.5 Å². The van der Waals surface area contributed by atoms with E-state index in [1.807, 2.05) is 0 Å². The summed E-state index contributed by atoms with van der Waals surface area (Å²) in [7, 11) is 1.45. The quantitative estimate of drug-likeness (QED) is 0.883. The molecule has 0 aromatic carbocycles. The lowest BCUT2D eigenvalue weighted by molar-refractivity contribution is 0.0675. The van der Waals surface area contributed by atoms with Crippen LogP contribution in [0, 0.1) is 5.82 Å². The minimum absolute atomic E-state index is 0.133. The van der Waals surface area contributed by atoms with Crippen molar-refractivity contribution in [3.63, 3.8) is 0 Å². The van der Waals surface area contributed by atoms with E-state index in [1.165, 1.54) is 19.2 Å². The Morgan fingerprint density at radius 1 is 1.45 bits per heavy atom. The van der Waals surface area contributed by atoms with E-state index in [0.29, 0.717) is 12.6 Å². The van der Waals surface area contributed by atoms with Gasteiger partial charge in [0.15, 0.2) is 11.5 Å². The summed E-state index contributed by atoms with van der Waals surface area (Å²) >= 11 is 0. The molecule has 3 aliphatic heterocycles. The third kappa shape index (κ3) is 2.35. The zero-order valence-electron chi connectivity index (χ0n) is 11.4. The molecule has 2 bridgehead atoms. The number of amides is 1. The number of rotatable bonds is 2. The largest absolute Gasteiger partial charge is 0.481 e. The number of aromatic nitrogens is 1. The first kappa shape index (κ1) is 13.3. The highest BCUT2D eigenvalue weighted by Crippen LogP contribution is 2.24. The van der Waals surface area contributed by atoms with Crippen LogP contribution in [0.5, 0.6) is 5.88 Å². The average Bonchev–Trinajstić information content (AvgIpc) is 2.81. The second kappa shape index (κ2) is 5.36. The van der Waals surface area contributed by atoms with Crippen LogP contribution in [0.15, 0.2) is 12.1 Å². The SMILES string of the molecule is COc1ccc(F)c(C(=O)N2CCC3CCC2CN3)n1. The van der Waals surface area contributed by atoms with Crippen LogP contribution in [0.2, 0.25) is 0 Å². The molecule has 20 heavy (non-hydrogen) atoms. The smallest absolute Gasteiger partial charge is 0.275 e. The number of piperidine rings is 1. The van der Waals surface area contributed by atoms with Crippen molar-refractivity contribution < 1.29 is 13.9 Å². The summed E-state index contributed by atoms with van der Waals surface area (Å²) in [5.74, 6) is -0.676. The van der Waals surface area contributed by atoms with Gasteiger partial charge in [0.1, 0.15) is 0 Å². The van der Waals surface area contributed by atoms with Gasteiger partial charge in [-0.1, -0.05) is 0 Å². The molecule has 3 fully saturated rings. The van der Waals surface area contributed by atoms with Gasteiger partial charge in [-0.15, -0.1) is 0 Å². The second-order valence-corrected chi connectivity index (χ2v) is 5.31. The summed E-state index contributed by atoms with van der Waals surface area (Å²) in [6.45, 7) is 1.43. The van der Waals surface area contributed by atoms with Gasteiger partial charge < -0.3 is 15.0 Å². The fourth-order valence-electron chi connectivity index (χ4n) is 2.98. The highest BCUT2D eigenvalue weighted by atomic mass is 19.1. The molecule has 1 N–H and O–H groups in total. The molecule has 1 amide bonds. The summed E-state index contributed by atoms with van der Waals surface area (Å²) in [5.41, 5.74) is -0.144. The van der Waals surface area contributed by atoms with Crippen LogP contribution >= 0.6 is 0 Å². The Labute approximate surface area is 117 Å². The second-order valence-electron chi connectivity index (χ2n) is 5.31. The Bertz CT molecular complexity index is 515. The number of nitrogens with one attached hydrogen (secondary N) is 1. The van der Waals surface area contributed by atoms with Crippen molar-refractivity contribution >= 4 is 5.91 Å². The van der Waals surface area contributed by atoms with Crippen LogP contribution in [0.3, 0.4) is 0 Å². The van der Waals surface area contributed by atoms with Gasteiger partial charge in [0.25, 0.3) is 5.91 Å². The van der Waals surface area contributed by atoms with Gasteiger partial charge in [-0.3, -0.25) is 4.79 Å². The maximum absolute atomic E-state index is 13.9. The van der Waals surface area contributed by atoms with Crippen molar-refractivity contribution in [3.8, 4) is 5.88 Å². The summed E-state index contributed by atoms with van der Waals surface area (Å²) in [6.07, 6.45) is 2.95. The predicted molar refractivity (Wildman–Crippen MR) is 71.2 cm³/mol. The molecule has 0 aliphatic carbocycles. The first-order valence-electron chi connectivity index (χ1n) is 6.94. The summed E-state index contributed by atoms with van der Waals surface area (Å²) in [4.78, 5) is 18.3. The zero-order chi connectivity index (χ0) is 14.1. The molecule has 108 valence electrons. The first-order valence-corrected chi connectivity index (χ1v) is 6.94. The molecular formula is C14H18FN3O2. The van der Waals surface area contributed by atoms with Gasteiger partial charge in [-0.05, 0) is 25.3 Å². The predicted octanol–water partition coefficient (Wildman–Crippen LogP) is 1.20. The Morgan fingerprint density at radius 2 is 2.30 bits per heavy atom. The fraction of sp³-hybridized carbons (Fsp3) is 0.571. The Balaban J connectivity index is 1.88. The van der Waals surface area contributed by atoms with Crippen molar-refractivity contribution in [1.29, 1.82) is 0 Å². The van der Waals surface area contributed by atoms with Crippen molar-refractivity contribution in [3.05, 3.63) is 23.6 Å². The van der Waals surface area contributed by atoms with E-state index < -0.39 is 5.82 Å². The van der Waals surface area contributed by atoms with Gasteiger partial charge in [-0.25, -0.2) is 9.37 Å². The molecule has 5 nitrogen and oxygen atoms in total. The highest BCUT2D eigenvalue weighted by molar-refractivity contribution is 5.93. The molecule has 0 radical (unpaired) electrons. The number of hydrogen-bond acceptors (Lipinski definition) is 4. The van der Waals surface area contributed by atoms with Gasteiger partial charge >= 0.3 is 0 Å². The highest BCUT2D eigenvalue weighted by Gasteiger charge is 2.34. The lowest BCUT2D eigenvalue weighted by atomic mass is 10.0. The minimum Gasteiger partial charge on any atom is -0.481 e. The minimum atomic E-state index is -0.595. The molecule has 1 aromatic rings. The van der Waals surface area contributed by atoms with E-state index in [4.69, 9.17) is 4.74 Å². The van der Waals surface area contributed by atoms with Crippen molar-refractivity contribution in [2.24, 2.45) is 0 Å². The number of nitrogens with zero attached hydrogens (tertiary/aromatic N) is 2. The lowest BCUT2D eigenvalue weighted by Crippen LogP contribution is -2.47. The normalized spacial score (nSPS) is 25.4. The molecule has 3 aliphatic rings. The third-order valence-corrected chi connectivity index (χ3v) is 4.14. The molecule has 2 atom stereocenters. The number of fused-ring (bicyclic) bond motifs is 4. The Kier molecular flexibility index (Phi) is 3.56. The van der Waals surface area contributed by atoms with Crippen molar-refractivity contribution in [1.82, 2.24) is 15.2 Å². The molecular weight excluding hydrogens is 261 g/mol. The number of carbonyl (C=O) groups excluding carboxylic acids is 1. The van der Waals surface area contributed by atoms with Crippen molar-refractivity contribution in [2.45, 2.75) is 31.3 Å². The fourth-order valence-corrected chi connectivity index (χ4v) is 2.98. The van der Waals surface area contributed by atoms with Crippen molar-refractivity contribution in [2.75, 3.05) is 20.2 Å². The van der Waals surface area contributed by atoms with Gasteiger partial charge in [0.05, 0.1) is 7.11 Å². The van der Waals surface area contributed by atoms with E-state index in [1.54, 1.807) is 4.90 Å². The molecule has 3 saturated heterocycles. The van der Waals surface area contributed by atoms with Crippen LogP contribution in [0.1, 0.15) is 29.8 Å². The summed E-state index contributed by atoms with van der Waals surface area (Å²) in [6, 6.07) is 3.26. The van der Waals surface area contributed by atoms with Crippen LogP contribution < -0.4 is 10.1 Å². The van der Waals surface area contributed by atoms with E-state index >= 15 is 0 Å². The molecule has 0 saturated carbocycles. The maximum Gasteiger partial charge on any atom is 0.275 e. The van der Waals surface area contributed by atoms with Crippen LogP contribution in [0.25, 0.3) is 0 Å². The topological polar surface area (TPSA) is 54.5 Å². The third-order valence-electron chi connectivity index (χ3n) is 4.14. The van der Waals surface area contributed by atoms with Gasteiger partial charge in [-0.2, -0.15) is 0 Å². The zero-order valence-corrected chi connectivity index (χ0v) is 11.4. The van der Waals surface area contributed by atoms with Crippen LogP contribution in [0.4, 0.5) is 4.39 Å². The molecule has 4 heterocycles. The Hall–Kier alpha value is -1.69. The number of halogens is 1. The Morgan fingerprint density at radius 3 is 3.00 bits per heavy atom. The monoisotopic (exact) mass is 279 g/mol. The van der Waals surface area contributed by atoms with Gasteiger partial charge in [0, 0.05) is 31.2 Å². The maximum atomic E-state index is 13.9. The number of methoxy groups -OCH3 is 1. The standard InChI is InChI=1S/C14H18FN3O2/c1-20-12-5-4-11(15)13(17-12)14(19)18-7-6-9-2-3-10(18)8-16-9/h4-5,9-10,16H,2-3,6-8H2,1H3. The average molecular weight is 279 g/mol. The molecule has 4 rings (SSSR count). The first-order chi connectivity index (χ1) is 9.69. The number of pyridine rings is 1. The molecule has 6 heteroatoms. The molecule has 2 unspecified atom stereocenters. The molecule has 1 aromatic heterocycles. The molecule has 0 spiro atoms. The van der Waals surface area contributed by atoms with Crippen LogP contribution in [-0.4, -0.2) is 48.1 Å². The summed E-state index contributed by atoms with van der Waals surface area (Å²) < 4.78 is 18.8. The van der Waals surface area contributed by atoms with E-state index in [2.05, 4.69) is 10.3 Å². The lowest BCUT2D eigenvalue weighted by Gasteiger charge is -2.31. The number of hydrogen-bond donors (Lipinski definition) is 1. The van der Waals surface area contributed by atoms with Crippen LogP contribution in [-0.2, 0) is 0 Å². The van der Waals surface area contributed by atoms with Gasteiger partial charge in [0.2, 0.25) is 5.88 Å². The number of ether oxygens (including phenoxy) is 1. The summed E-state index contributed by atoms with van der Waals surface area (Å²) in [5, 5.41) is 3.42. The van der Waals surface area contributed by atoms with E-state index in [0.717, 1.165) is 25.8 Å². The number of carbonyl (C=O) groups is 1. The van der Waals surface area contributed by atoms with E-state index in [9.17, 15) is 9.18 Å².